The van der Waals surface area contributed by atoms with E-state index in [1.165, 1.54) is 11.9 Å². The lowest BCUT2D eigenvalue weighted by Gasteiger charge is -2.13. The van der Waals surface area contributed by atoms with Gasteiger partial charge in [-0.05, 0) is 12.1 Å². The highest BCUT2D eigenvalue weighted by Gasteiger charge is 2.15. The Hall–Kier alpha value is -1.89. The van der Waals surface area contributed by atoms with Crippen LogP contribution in [0.15, 0.2) is 18.2 Å². The Morgan fingerprint density at radius 3 is 2.73 bits per heavy atom. The van der Waals surface area contributed by atoms with Crippen molar-refractivity contribution in [3.8, 4) is 12.3 Å². The molecule has 2 nitrogen and oxygen atoms in total. The van der Waals surface area contributed by atoms with Gasteiger partial charge in [0.2, 0.25) is 0 Å². The zero-order valence-corrected chi connectivity index (χ0v) is 8.13. The van der Waals surface area contributed by atoms with Crippen LogP contribution in [0.25, 0.3) is 0 Å². The van der Waals surface area contributed by atoms with Crippen LogP contribution in [-0.2, 0) is 0 Å². The summed E-state index contributed by atoms with van der Waals surface area (Å²) in [4.78, 5) is 12.7. The second-order valence-corrected chi connectivity index (χ2v) is 2.99. The number of benzene rings is 1. The quantitative estimate of drug-likeness (QED) is 0.678. The summed E-state index contributed by atoms with van der Waals surface area (Å²) in [5, 5.41) is 0. The van der Waals surface area contributed by atoms with E-state index >= 15 is 0 Å². The van der Waals surface area contributed by atoms with Crippen LogP contribution in [0.4, 0.5) is 8.78 Å². The van der Waals surface area contributed by atoms with Crippen molar-refractivity contribution in [1.82, 2.24) is 4.90 Å². The van der Waals surface area contributed by atoms with Crippen molar-refractivity contribution in [2.45, 2.75) is 0 Å². The topological polar surface area (TPSA) is 20.3 Å². The minimum atomic E-state index is -0.885. The van der Waals surface area contributed by atoms with Gasteiger partial charge in [-0.15, -0.1) is 6.42 Å². The van der Waals surface area contributed by atoms with Gasteiger partial charge in [0.15, 0.2) is 0 Å². The van der Waals surface area contributed by atoms with Gasteiger partial charge in [0.05, 0.1) is 12.1 Å². The minimum Gasteiger partial charge on any atom is -0.330 e. The van der Waals surface area contributed by atoms with E-state index in [-0.39, 0.29) is 12.1 Å². The Morgan fingerprint density at radius 2 is 2.20 bits per heavy atom. The smallest absolute Gasteiger partial charge is 0.257 e. The molecular weight excluding hydrogens is 200 g/mol. The Bertz CT molecular complexity index is 423. The number of rotatable bonds is 2. The molecule has 0 saturated carbocycles. The molecule has 0 aromatic heterocycles. The first-order valence-corrected chi connectivity index (χ1v) is 4.20. The third-order valence-electron chi connectivity index (χ3n) is 1.84. The number of amides is 1. The summed E-state index contributed by atoms with van der Waals surface area (Å²) >= 11 is 0. The largest absolute Gasteiger partial charge is 0.330 e. The minimum absolute atomic E-state index is 0.0790. The number of carbonyl (C=O) groups is 1. The summed E-state index contributed by atoms with van der Waals surface area (Å²) < 4.78 is 25.7. The standard InChI is InChI=1S/C11H9F2NO/c1-3-6-14(2)11(15)9-5-4-8(12)7-10(9)13/h1,4-5,7H,6H2,2H3. The van der Waals surface area contributed by atoms with Gasteiger partial charge in [-0.1, -0.05) is 5.92 Å². The summed E-state index contributed by atoms with van der Waals surface area (Å²) in [6, 6.07) is 2.79. The van der Waals surface area contributed by atoms with Gasteiger partial charge in [-0.25, -0.2) is 8.78 Å². The van der Waals surface area contributed by atoms with Crippen molar-refractivity contribution in [1.29, 1.82) is 0 Å². The summed E-state index contributed by atoms with van der Waals surface area (Å²) in [5.74, 6) is 0.0890. The number of halogens is 2. The van der Waals surface area contributed by atoms with Gasteiger partial charge in [0.25, 0.3) is 5.91 Å². The molecule has 0 N–H and O–H groups in total. The maximum Gasteiger partial charge on any atom is 0.257 e. The first kappa shape index (κ1) is 11.2. The van der Waals surface area contributed by atoms with Crippen molar-refractivity contribution >= 4 is 5.91 Å². The predicted molar refractivity (Wildman–Crippen MR) is 52.2 cm³/mol. The lowest BCUT2D eigenvalue weighted by atomic mass is 10.2. The first-order valence-electron chi connectivity index (χ1n) is 4.20. The highest BCUT2D eigenvalue weighted by atomic mass is 19.1. The van der Waals surface area contributed by atoms with E-state index in [2.05, 4.69) is 5.92 Å². The molecule has 1 amide bonds. The van der Waals surface area contributed by atoms with Gasteiger partial charge >= 0.3 is 0 Å². The molecule has 0 unspecified atom stereocenters. The van der Waals surface area contributed by atoms with Crippen LogP contribution < -0.4 is 0 Å². The monoisotopic (exact) mass is 209 g/mol. The third kappa shape index (κ3) is 2.53. The molecule has 0 saturated heterocycles. The zero-order chi connectivity index (χ0) is 11.4. The first-order chi connectivity index (χ1) is 7.06. The van der Waals surface area contributed by atoms with Crippen LogP contribution in [0.1, 0.15) is 10.4 Å². The van der Waals surface area contributed by atoms with E-state index in [1.54, 1.807) is 0 Å². The second-order valence-electron chi connectivity index (χ2n) is 2.99. The fourth-order valence-corrected chi connectivity index (χ4v) is 1.08. The van der Waals surface area contributed by atoms with Gasteiger partial charge < -0.3 is 4.90 Å². The maximum atomic E-state index is 13.2. The molecule has 0 aliphatic carbocycles. The number of hydrogen-bond acceptors (Lipinski definition) is 1. The molecule has 0 aliphatic heterocycles. The molecule has 0 heterocycles. The van der Waals surface area contributed by atoms with Crippen molar-refractivity contribution in [3.63, 3.8) is 0 Å². The molecule has 0 atom stereocenters. The molecule has 1 aromatic carbocycles. The molecule has 0 bridgehead atoms. The normalized spacial score (nSPS) is 9.47. The molecule has 0 radical (unpaired) electrons. The molecule has 15 heavy (non-hydrogen) atoms. The van der Waals surface area contributed by atoms with Gasteiger partial charge in [-0.3, -0.25) is 4.79 Å². The Kier molecular flexibility index (Phi) is 3.40. The fraction of sp³-hybridized carbons (Fsp3) is 0.182. The molecule has 0 spiro atoms. The van der Waals surface area contributed by atoms with Crippen LogP contribution >= 0.6 is 0 Å². The summed E-state index contributed by atoms with van der Waals surface area (Å²) in [6.45, 7) is 0.0790. The van der Waals surface area contributed by atoms with Crippen molar-refractivity contribution in [2.24, 2.45) is 0 Å². The second kappa shape index (κ2) is 4.56. The number of carbonyl (C=O) groups excluding carboxylic acids is 1. The molecular formula is C11H9F2NO. The van der Waals surface area contributed by atoms with E-state index in [1.807, 2.05) is 0 Å². The highest BCUT2D eigenvalue weighted by Crippen LogP contribution is 2.11. The van der Waals surface area contributed by atoms with Crippen molar-refractivity contribution in [3.05, 3.63) is 35.4 Å². The van der Waals surface area contributed by atoms with Crippen molar-refractivity contribution in [2.75, 3.05) is 13.6 Å². The van der Waals surface area contributed by atoms with Crippen LogP contribution in [0.2, 0.25) is 0 Å². The molecule has 1 aromatic rings. The van der Waals surface area contributed by atoms with Gasteiger partial charge in [-0.2, -0.15) is 0 Å². The highest BCUT2D eigenvalue weighted by molar-refractivity contribution is 5.94. The number of nitrogens with zero attached hydrogens (tertiary/aromatic N) is 1. The number of hydrogen-bond donors (Lipinski definition) is 0. The zero-order valence-electron chi connectivity index (χ0n) is 8.13. The van der Waals surface area contributed by atoms with Gasteiger partial charge in [0, 0.05) is 13.1 Å². The van der Waals surface area contributed by atoms with E-state index in [0.29, 0.717) is 6.07 Å². The summed E-state index contributed by atoms with van der Waals surface area (Å²) in [5.41, 5.74) is -0.186. The van der Waals surface area contributed by atoms with Crippen LogP contribution in [0, 0.1) is 24.0 Å². The summed E-state index contributed by atoms with van der Waals surface area (Å²) in [7, 11) is 1.45. The Labute approximate surface area is 86.5 Å². The Balaban J connectivity index is 2.97. The summed E-state index contributed by atoms with van der Waals surface area (Å²) in [6.07, 6.45) is 5.01. The van der Waals surface area contributed by atoms with Crippen LogP contribution in [0.3, 0.4) is 0 Å². The average Bonchev–Trinajstić information content (AvgIpc) is 2.17. The van der Waals surface area contributed by atoms with E-state index in [4.69, 9.17) is 6.42 Å². The SMILES string of the molecule is C#CCN(C)C(=O)c1ccc(F)cc1F. The van der Waals surface area contributed by atoms with E-state index in [0.717, 1.165) is 12.1 Å². The van der Waals surface area contributed by atoms with Gasteiger partial charge in [0.1, 0.15) is 11.6 Å². The predicted octanol–water partition coefficient (Wildman–Crippen LogP) is 1.67. The maximum absolute atomic E-state index is 13.2. The van der Waals surface area contributed by atoms with Crippen LogP contribution in [-0.4, -0.2) is 24.4 Å². The van der Waals surface area contributed by atoms with Crippen LogP contribution in [0.5, 0.6) is 0 Å². The van der Waals surface area contributed by atoms with E-state index < -0.39 is 17.5 Å². The molecule has 78 valence electrons. The number of terminal acetylenes is 1. The fourth-order valence-electron chi connectivity index (χ4n) is 1.08. The van der Waals surface area contributed by atoms with Crippen molar-refractivity contribution < 1.29 is 13.6 Å². The average molecular weight is 209 g/mol. The lowest BCUT2D eigenvalue weighted by molar-refractivity contribution is 0.0808. The molecule has 0 aliphatic rings. The molecule has 1 rings (SSSR count). The van der Waals surface area contributed by atoms with E-state index in [9.17, 15) is 13.6 Å². The third-order valence-corrected chi connectivity index (χ3v) is 1.84. The molecule has 0 fully saturated rings. The molecule has 4 heteroatoms. The Morgan fingerprint density at radius 1 is 1.53 bits per heavy atom. The lowest BCUT2D eigenvalue weighted by Crippen LogP contribution is -2.27.